The molecule has 0 atom stereocenters. The van der Waals surface area contributed by atoms with Crippen molar-refractivity contribution in [2.75, 3.05) is 11.4 Å². The predicted octanol–water partition coefficient (Wildman–Crippen LogP) is 4.56. The molecule has 1 aliphatic rings. The van der Waals surface area contributed by atoms with Gasteiger partial charge in [-0.05, 0) is 51.2 Å². The van der Waals surface area contributed by atoms with Gasteiger partial charge in [0, 0.05) is 24.6 Å². The Hall–Kier alpha value is -1.70. The van der Waals surface area contributed by atoms with Crippen LogP contribution in [0.3, 0.4) is 0 Å². The first-order chi connectivity index (χ1) is 9.61. The third-order valence-corrected chi connectivity index (χ3v) is 3.57. The van der Waals surface area contributed by atoms with Crippen LogP contribution in [0.2, 0.25) is 0 Å². The summed E-state index contributed by atoms with van der Waals surface area (Å²) in [5, 5.41) is 0. The fraction of sp³-hybridized carbons (Fsp3) is 0.389. The summed E-state index contributed by atoms with van der Waals surface area (Å²) >= 11 is 0. The van der Waals surface area contributed by atoms with E-state index in [9.17, 15) is 0 Å². The molecule has 0 saturated carbocycles. The molecular weight excluding hydrogens is 244 g/mol. The molecule has 20 heavy (non-hydrogen) atoms. The van der Waals surface area contributed by atoms with Crippen molar-refractivity contribution in [1.29, 1.82) is 0 Å². The van der Waals surface area contributed by atoms with Gasteiger partial charge in [0.2, 0.25) is 6.67 Å². The topological polar surface area (TPSA) is 6.48 Å². The van der Waals surface area contributed by atoms with Gasteiger partial charge in [-0.1, -0.05) is 23.8 Å². The maximum Gasteiger partial charge on any atom is 0.212 e. The third kappa shape index (κ3) is 3.44. The van der Waals surface area contributed by atoms with E-state index in [0.29, 0.717) is 0 Å². The molecule has 0 amide bonds. The number of anilines is 1. The van der Waals surface area contributed by atoms with E-state index in [2.05, 4.69) is 68.4 Å². The van der Waals surface area contributed by atoms with Gasteiger partial charge in [-0.3, -0.25) is 0 Å². The molecular formula is C18H24N2. The Morgan fingerprint density at radius 2 is 1.80 bits per heavy atom. The van der Waals surface area contributed by atoms with Gasteiger partial charge in [0.25, 0.3) is 0 Å². The summed E-state index contributed by atoms with van der Waals surface area (Å²) in [7, 11) is 0. The standard InChI is InChI=1S/C18H24N2/c1-5-6-7-8-9-19-10-11-20(14-19)18-16(3)12-15(2)13-17(18)4/h5,10-13H,1,6-9H2,2-4H3. The monoisotopic (exact) mass is 268 g/mol. The fourth-order valence-electron chi connectivity index (χ4n) is 2.72. The second-order valence-corrected chi connectivity index (χ2v) is 5.49. The lowest BCUT2D eigenvalue weighted by atomic mass is 10.0. The van der Waals surface area contributed by atoms with Gasteiger partial charge in [0.1, 0.15) is 0 Å². The number of rotatable bonds is 6. The lowest BCUT2D eigenvalue weighted by Crippen LogP contribution is -2.21. The zero-order valence-corrected chi connectivity index (χ0v) is 12.8. The Bertz CT molecular complexity index is 479. The van der Waals surface area contributed by atoms with Gasteiger partial charge in [0.05, 0.1) is 0 Å². The van der Waals surface area contributed by atoms with E-state index in [0.717, 1.165) is 13.0 Å². The van der Waals surface area contributed by atoms with E-state index < -0.39 is 0 Å². The molecule has 0 unspecified atom stereocenters. The zero-order valence-electron chi connectivity index (χ0n) is 12.8. The van der Waals surface area contributed by atoms with Crippen LogP contribution >= 0.6 is 0 Å². The van der Waals surface area contributed by atoms with E-state index in [1.54, 1.807) is 0 Å². The number of allylic oxidation sites excluding steroid dienone is 1. The lowest BCUT2D eigenvalue weighted by Gasteiger charge is -2.22. The number of nitrogens with zero attached hydrogens (tertiary/aromatic N) is 2. The minimum absolute atomic E-state index is 1.02. The molecule has 0 spiro atoms. The molecule has 0 fully saturated rings. The SMILES string of the molecule is C=CCCCCN1[C]N(c2c(C)cc(C)cc2C)C=C1. The second-order valence-electron chi connectivity index (χ2n) is 5.49. The Morgan fingerprint density at radius 1 is 1.10 bits per heavy atom. The van der Waals surface area contributed by atoms with E-state index in [-0.39, 0.29) is 0 Å². The molecule has 2 rings (SSSR count). The molecule has 1 heterocycles. The maximum atomic E-state index is 3.76. The molecule has 0 bridgehead atoms. The molecule has 2 radical (unpaired) electrons. The first kappa shape index (κ1) is 14.7. The molecule has 1 aromatic carbocycles. The highest BCUT2D eigenvalue weighted by molar-refractivity contribution is 5.63. The molecule has 1 aromatic rings. The van der Waals surface area contributed by atoms with Crippen molar-refractivity contribution >= 4 is 5.69 Å². The van der Waals surface area contributed by atoms with Crippen molar-refractivity contribution < 1.29 is 0 Å². The van der Waals surface area contributed by atoms with Gasteiger partial charge >= 0.3 is 0 Å². The Labute approximate surface area is 123 Å². The largest absolute Gasteiger partial charge is 0.346 e. The van der Waals surface area contributed by atoms with E-state index in [1.807, 2.05) is 6.08 Å². The van der Waals surface area contributed by atoms with Crippen LogP contribution in [0.25, 0.3) is 0 Å². The molecule has 0 N–H and O–H groups in total. The Balaban J connectivity index is 1.97. The highest BCUT2D eigenvalue weighted by Crippen LogP contribution is 2.30. The van der Waals surface area contributed by atoms with Gasteiger partial charge in [-0.25, -0.2) is 0 Å². The average molecular weight is 268 g/mol. The predicted molar refractivity (Wildman–Crippen MR) is 86.3 cm³/mol. The third-order valence-electron chi connectivity index (χ3n) is 3.57. The molecule has 1 aliphatic heterocycles. The first-order valence-corrected chi connectivity index (χ1v) is 7.31. The minimum atomic E-state index is 1.02. The summed E-state index contributed by atoms with van der Waals surface area (Å²) in [5.41, 5.74) is 5.16. The van der Waals surface area contributed by atoms with Crippen LogP contribution in [0.1, 0.15) is 36.0 Å². The number of hydrogen-bond donors (Lipinski definition) is 0. The van der Waals surface area contributed by atoms with Crippen molar-refractivity contribution in [1.82, 2.24) is 4.90 Å². The maximum absolute atomic E-state index is 3.76. The summed E-state index contributed by atoms with van der Waals surface area (Å²) in [6, 6.07) is 4.45. The van der Waals surface area contributed by atoms with E-state index in [4.69, 9.17) is 0 Å². The zero-order chi connectivity index (χ0) is 14.5. The van der Waals surface area contributed by atoms with Gasteiger partial charge in [-0.15, -0.1) is 6.58 Å². The summed E-state index contributed by atoms with van der Waals surface area (Å²) in [6.07, 6.45) is 9.64. The smallest absolute Gasteiger partial charge is 0.212 e. The average Bonchev–Trinajstić information content (AvgIpc) is 2.82. The van der Waals surface area contributed by atoms with Crippen molar-refractivity contribution in [3.8, 4) is 0 Å². The van der Waals surface area contributed by atoms with Crippen LogP contribution in [0.4, 0.5) is 5.69 Å². The number of benzene rings is 1. The van der Waals surface area contributed by atoms with Crippen molar-refractivity contribution in [2.24, 2.45) is 0 Å². The number of hydrogen-bond acceptors (Lipinski definition) is 2. The van der Waals surface area contributed by atoms with Crippen LogP contribution in [0.5, 0.6) is 0 Å². The summed E-state index contributed by atoms with van der Waals surface area (Å²) in [4.78, 5) is 4.25. The summed E-state index contributed by atoms with van der Waals surface area (Å²) in [6.45, 7) is 14.7. The molecule has 0 saturated heterocycles. The summed E-state index contributed by atoms with van der Waals surface area (Å²) in [5.74, 6) is 0. The van der Waals surface area contributed by atoms with Crippen LogP contribution < -0.4 is 4.90 Å². The highest BCUT2D eigenvalue weighted by atomic mass is 15.3. The first-order valence-electron chi connectivity index (χ1n) is 7.31. The van der Waals surface area contributed by atoms with Crippen LogP contribution in [0, 0.1) is 27.4 Å². The lowest BCUT2D eigenvalue weighted by molar-refractivity contribution is 0.447. The number of unbranched alkanes of at least 4 members (excludes halogenated alkanes) is 2. The molecule has 106 valence electrons. The van der Waals surface area contributed by atoms with Gasteiger partial charge in [0.15, 0.2) is 0 Å². The van der Waals surface area contributed by atoms with Crippen molar-refractivity contribution in [3.63, 3.8) is 0 Å². The van der Waals surface area contributed by atoms with Crippen LogP contribution in [0.15, 0.2) is 37.2 Å². The molecule has 2 heteroatoms. The van der Waals surface area contributed by atoms with Gasteiger partial charge < -0.3 is 9.80 Å². The normalized spacial score (nSPS) is 14.2. The number of aryl methyl sites for hydroxylation is 3. The van der Waals surface area contributed by atoms with Crippen molar-refractivity contribution in [3.05, 3.63) is 60.5 Å². The minimum Gasteiger partial charge on any atom is -0.346 e. The molecule has 0 aliphatic carbocycles. The molecule has 0 aromatic heterocycles. The van der Waals surface area contributed by atoms with Crippen LogP contribution in [-0.4, -0.2) is 11.4 Å². The molecule has 2 nitrogen and oxygen atoms in total. The highest BCUT2D eigenvalue weighted by Gasteiger charge is 2.19. The second kappa shape index (κ2) is 6.65. The van der Waals surface area contributed by atoms with Crippen molar-refractivity contribution in [2.45, 2.75) is 40.0 Å². The van der Waals surface area contributed by atoms with Crippen LogP contribution in [-0.2, 0) is 0 Å². The summed E-state index contributed by atoms with van der Waals surface area (Å²) < 4.78 is 0. The van der Waals surface area contributed by atoms with Gasteiger partial charge in [-0.2, -0.15) is 0 Å². The Morgan fingerprint density at radius 3 is 2.45 bits per heavy atom. The van der Waals surface area contributed by atoms with E-state index >= 15 is 0 Å². The fourth-order valence-corrected chi connectivity index (χ4v) is 2.72. The Kier molecular flexibility index (Phi) is 4.89. The van der Waals surface area contributed by atoms with E-state index in [1.165, 1.54) is 35.2 Å². The quantitative estimate of drug-likeness (QED) is 0.551.